The van der Waals surface area contributed by atoms with Gasteiger partial charge in [-0.15, -0.1) is 10.2 Å². The summed E-state index contributed by atoms with van der Waals surface area (Å²) in [6, 6.07) is 4.97. The predicted octanol–water partition coefficient (Wildman–Crippen LogP) is 0.481. The fraction of sp³-hybridized carbons (Fsp3) is 0. The van der Waals surface area contributed by atoms with E-state index >= 15 is 0 Å². The molecule has 0 saturated carbocycles. The standard InChI is InChI=1S/C7H5N3O2/c11-4-5-2-1-3-6-7(5)9-10(12)8-6/h1-4,12H. The van der Waals surface area contributed by atoms with Crippen LogP contribution in [0.2, 0.25) is 0 Å². The van der Waals surface area contributed by atoms with Crippen LogP contribution >= 0.6 is 0 Å². The molecule has 1 aromatic heterocycles. The molecule has 0 atom stereocenters. The highest BCUT2D eigenvalue weighted by molar-refractivity contribution is 5.93. The number of hydrogen-bond acceptors (Lipinski definition) is 4. The van der Waals surface area contributed by atoms with Crippen LogP contribution in [0.3, 0.4) is 0 Å². The minimum Gasteiger partial charge on any atom is -0.396 e. The van der Waals surface area contributed by atoms with Gasteiger partial charge in [0.05, 0.1) is 0 Å². The predicted molar refractivity (Wildman–Crippen MR) is 40.1 cm³/mol. The van der Waals surface area contributed by atoms with Crippen LogP contribution in [0.1, 0.15) is 10.4 Å². The van der Waals surface area contributed by atoms with E-state index in [0.29, 0.717) is 27.8 Å². The van der Waals surface area contributed by atoms with Crippen molar-refractivity contribution in [3.63, 3.8) is 0 Å². The van der Waals surface area contributed by atoms with Crippen LogP contribution < -0.4 is 0 Å². The Labute approximate surface area is 67.2 Å². The minimum absolute atomic E-state index is 0.412. The van der Waals surface area contributed by atoms with Gasteiger partial charge in [-0.25, -0.2) is 0 Å². The van der Waals surface area contributed by atoms with E-state index < -0.39 is 0 Å². The molecule has 12 heavy (non-hydrogen) atoms. The van der Waals surface area contributed by atoms with Crippen molar-refractivity contribution >= 4 is 17.3 Å². The summed E-state index contributed by atoms with van der Waals surface area (Å²) in [5.41, 5.74) is 1.34. The SMILES string of the molecule is O=Cc1cccc2nn(O)nc12. The van der Waals surface area contributed by atoms with Gasteiger partial charge in [0, 0.05) is 5.56 Å². The quantitative estimate of drug-likeness (QED) is 0.490. The topological polar surface area (TPSA) is 68.0 Å². The second-order valence-electron chi connectivity index (χ2n) is 2.30. The molecule has 0 bridgehead atoms. The summed E-state index contributed by atoms with van der Waals surface area (Å²) >= 11 is 0. The molecule has 0 aliphatic heterocycles. The fourth-order valence-corrected chi connectivity index (χ4v) is 1.04. The molecule has 0 unspecified atom stereocenters. The van der Waals surface area contributed by atoms with Gasteiger partial charge in [-0.05, 0) is 17.1 Å². The molecule has 0 radical (unpaired) electrons. The number of aldehydes is 1. The lowest BCUT2D eigenvalue weighted by Gasteiger charge is -1.87. The van der Waals surface area contributed by atoms with Gasteiger partial charge in [0.2, 0.25) is 0 Å². The summed E-state index contributed by atoms with van der Waals surface area (Å²) in [5, 5.41) is 16.1. The molecule has 0 aliphatic carbocycles. The Morgan fingerprint density at radius 1 is 1.42 bits per heavy atom. The van der Waals surface area contributed by atoms with Gasteiger partial charge in [-0.1, -0.05) is 6.07 Å². The summed E-state index contributed by atoms with van der Waals surface area (Å²) in [4.78, 5) is 10.9. The highest BCUT2D eigenvalue weighted by Crippen LogP contribution is 2.11. The lowest BCUT2D eigenvalue weighted by molar-refractivity contribution is 0.111. The van der Waals surface area contributed by atoms with Crippen molar-refractivity contribution in [3.05, 3.63) is 23.8 Å². The minimum atomic E-state index is 0.412. The summed E-state index contributed by atoms with van der Waals surface area (Å²) in [6.45, 7) is 0. The van der Waals surface area contributed by atoms with Gasteiger partial charge in [0.1, 0.15) is 11.0 Å². The van der Waals surface area contributed by atoms with Gasteiger partial charge in [-0.2, -0.15) is 0 Å². The second-order valence-corrected chi connectivity index (χ2v) is 2.30. The zero-order valence-corrected chi connectivity index (χ0v) is 6.01. The lowest BCUT2D eigenvalue weighted by atomic mass is 10.2. The molecule has 5 nitrogen and oxygen atoms in total. The number of benzene rings is 1. The van der Waals surface area contributed by atoms with Crippen LogP contribution in [0.25, 0.3) is 11.0 Å². The Hall–Kier alpha value is -1.91. The zero-order chi connectivity index (χ0) is 8.55. The Kier molecular flexibility index (Phi) is 1.30. The third-order valence-corrected chi connectivity index (χ3v) is 1.56. The molecular formula is C7H5N3O2. The first kappa shape index (κ1) is 6.78. The molecule has 0 saturated heterocycles. The smallest absolute Gasteiger partial charge is 0.152 e. The van der Waals surface area contributed by atoms with E-state index in [-0.39, 0.29) is 0 Å². The van der Waals surface area contributed by atoms with Crippen molar-refractivity contribution in [3.8, 4) is 0 Å². The first-order valence-corrected chi connectivity index (χ1v) is 3.32. The van der Waals surface area contributed by atoms with Gasteiger partial charge in [-0.3, -0.25) is 4.79 Å². The average molecular weight is 163 g/mol. The van der Waals surface area contributed by atoms with Crippen LogP contribution in [0.15, 0.2) is 18.2 Å². The number of aromatic nitrogens is 3. The summed E-state index contributed by atoms with van der Waals surface area (Å²) in [7, 11) is 0. The summed E-state index contributed by atoms with van der Waals surface area (Å²) < 4.78 is 0. The molecular weight excluding hydrogens is 158 g/mol. The van der Waals surface area contributed by atoms with Crippen LogP contribution in [-0.4, -0.2) is 26.7 Å². The largest absolute Gasteiger partial charge is 0.396 e. The first-order valence-electron chi connectivity index (χ1n) is 3.32. The third kappa shape index (κ3) is 0.833. The molecule has 0 fully saturated rings. The third-order valence-electron chi connectivity index (χ3n) is 1.56. The Morgan fingerprint density at radius 2 is 2.25 bits per heavy atom. The molecule has 0 amide bonds. The number of carbonyl (C=O) groups is 1. The number of rotatable bonds is 1. The molecule has 2 aromatic rings. The van der Waals surface area contributed by atoms with Crippen molar-refractivity contribution in [1.29, 1.82) is 0 Å². The highest BCUT2D eigenvalue weighted by Gasteiger charge is 2.04. The van der Waals surface area contributed by atoms with Crippen LogP contribution in [0.5, 0.6) is 0 Å². The van der Waals surface area contributed by atoms with Crippen LogP contribution in [0.4, 0.5) is 0 Å². The highest BCUT2D eigenvalue weighted by atomic mass is 16.5. The second kappa shape index (κ2) is 2.30. The van der Waals surface area contributed by atoms with E-state index in [2.05, 4.69) is 10.2 Å². The molecule has 60 valence electrons. The van der Waals surface area contributed by atoms with Crippen molar-refractivity contribution in [2.24, 2.45) is 0 Å². The van der Waals surface area contributed by atoms with Crippen LogP contribution in [-0.2, 0) is 0 Å². The van der Waals surface area contributed by atoms with Gasteiger partial charge in [0.15, 0.2) is 6.29 Å². The van der Waals surface area contributed by atoms with E-state index in [0.717, 1.165) is 0 Å². The molecule has 1 N–H and O–H groups in total. The molecule has 5 heteroatoms. The average Bonchev–Trinajstić information content (AvgIpc) is 2.44. The van der Waals surface area contributed by atoms with Gasteiger partial charge >= 0.3 is 0 Å². The normalized spacial score (nSPS) is 10.3. The van der Waals surface area contributed by atoms with Crippen molar-refractivity contribution in [1.82, 2.24) is 15.2 Å². The number of fused-ring (bicyclic) bond motifs is 1. The van der Waals surface area contributed by atoms with Crippen LogP contribution in [0, 0.1) is 0 Å². The molecule has 0 spiro atoms. The lowest BCUT2D eigenvalue weighted by Crippen LogP contribution is -1.93. The maximum atomic E-state index is 10.5. The van der Waals surface area contributed by atoms with Crippen molar-refractivity contribution in [2.45, 2.75) is 0 Å². The monoisotopic (exact) mass is 163 g/mol. The maximum absolute atomic E-state index is 10.5. The number of nitrogens with zero attached hydrogens (tertiary/aromatic N) is 3. The van der Waals surface area contributed by atoms with E-state index in [4.69, 9.17) is 5.21 Å². The number of carbonyl (C=O) groups excluding carboxylic acids is 1. The van der Waals surface area contributed by atoms with E-state index in [1.54, 1.807) is 18.2 Å². The molecule has 1 aromatic carbocycles. The molecule has 2 rings (SSSR count). The van der Waals surface area contributed by atoms with Gasteiger partial charge in [0.25, 0.3) is 0 Å². The Morgan fingerprint density at radius 3 is 3.00 bits per heavy atom. The maximum Gasteiger partial charge on any atom is 0.152 e. The fourth-order valence-electron chi connectivity index (χ4n) is 1.04. The Bertz CT molecular complexity index is 435. The summed E-state index contributed by atoms with van der Waals surface area (Å²) in [6.07, 6.45) is 0.678. The Balaban J connectivity index is 2.86. The first-order chi connectivity index (χ1) is 5.81. The van der Waals surface area contributed by atoms with Crippen molar-refractivity contribution < 1.29 is 10.0 Å². The molecule has 0 aliphatic rings. The molecule has 1 heterocycles. The number of hydrogen-bond donors (Lipinski definition) is 1. The van der Waals surface area contributed by atoms with Crippen molar-refractivity contribution in [2.75, 3.05) is 0 Å². The van der Waals surface area contributed by atoms with E-state index in [9.17, 15) is 4.79 Å². The van der Waals surface area contributed by atoms with Gasteiger partial charge < -0.3 is 5.21 Å². The zero-order valence-electron chi connectivity index (χ0n) is 6.01. The van der Waals surface area contributed by atoms with E-state index in [1.807, 2.05) is 0 Å². The van der Waals surface area contributed by atoms with E-state index in [1.165, 1.54) is 0 Å². The summed E-state index contributed by atoms with van der Waals surface area (Å²) in [5.74, 6) is 0.